The van der Waals surface area contributed by atoms with Gasteiger partial charge in [-0.1, -0.05) is 0 Å². The lowest BCUT2D eigenvalue weighted by Gasteiger charge is -2.29. The van der Waals surface area contributed by atoms with E-state index in [9.17, 15) is 17.2 Å². The number of nitrogens with zero attached hydrogens (tertiary/aromatic N) is 2. The van der Waals surface area contributed by atoms with Crippen LogP contribution in [0.2, 0.25) is 0 Å². The van der Waals surface area contributed by atoms with Gasteiger partial charge in [0.15, 0.2) is 9.84 Å². The second-order valence-corrected chi connectivity index (χ2v) is 9.99. The first-order chi connectivity index (χ1) is 14.6. The van der Waals surface area contributed by atoms with Gasteiger partial charge in [0.1, 0.15) is 11.3 Å². The van der Waals surface area contributed by atoms with Crippen LogP contribution in [0.5, 0.6) is 11.6 Å². The Labute approximate surface area is 179 Å². The number of aromatic nitrogens is 2. The second-order valence-electron chi connectivity index (χ2n) is 7.97. The van der Waals surface area contributed by atoms with Crippen LogP contribution >= 0.6 is 0 Å². The van der Waals surface area contributed by atoms with Gasteiger partial charge in [-0.3, -0.25) is 0 Å². The van der Waals surface area contributed by atoms with E-state index in [0.717, 1.165) is 22.7 Å². The molecular formula is C22H24F2N2O4S. The molecule has 1 fully saturated rings. The summed E-state index contributed by atoms with van der Waals surface area (Å²) in [6, 6.07) is 6.49. The molecule has 166 valence electrons. The van der Waals surface area contributed by atoms with E-state index in [0.29, 0.717) is 17.2 Å². The Morgan fingerprint density at radius 1 is 1.16 bits per heavy atom. The van der Waals surface area contributed by atoms with Crippen molar-refractivity contribution in [1.29, 1.82) is 0 Å². The number of pyridine rings is 1. The molecule has 1 aromatic carbocycles. The highest BCUT2D eigenvalue weighted by Crippen LogP contribution is 2.41. The first kappa shape index (κ1) is 21.5. The summed E-state index contributed by atoms with van der Waals surface area (Å²) in [5, 5.41) is 0.819. The third kappa shape index (κ3) is 4.23. The lowest BCUT2D eigenvalue weighted by molar-refractivity contribution is -0.0581. The third-order valence-corrected chi connectivity index (χ3v) is 6.79. The molecule has 0 bridgehead atoms. The second kappa shape index (κ2) is 7.78. The molecule has 0 atom stereocenters. The third-order valence-electron chi connectivity index (χ3n) is 5.68. The van der Waals surface area contributed by atoms with Crippen LogP contribution in [0.15, 0.2) is 41.6 Å². The highest BCUT2D eigenvalue weighted by atomic mass is 32.2. The van der Waals surface area contributed by atoms with Gasteiger partial charge in [-0.2, -0.15) is 0 Å². The molecule has 0 unspecified atom stereocenters. The summed E-state index contributed by atoms with van der Waals surface area (Å²) >= 11 is 0. The van der Waals surface area contributed by atoms with Crippen LogP contribution in [-0.4, -0.2) is 43.4 Å². The average molecular weight is 451 g/mol. The fourth-order valence-corrected chi connectivity index (χ4v) is 4.70. The Kier molecular flexibility index (Phi) is 5.41. The molecule has 0 N–H and O–H groups in total. The van der Waals surface area contributed by atoms with Gasteiger partial charge in [0.05, 0.1) is 18.1 Å². The van der Waals surface area contributed by atoms with Gasteiger partial charge in [0.2, 0.25) is 11.8 Å². The Hall–Kier alpha value is -2.68. The zero-order valence-corrected chi connectivity index (χ0v) is 18.4. The number of benzene rings is 1. The average Bonchev–Trinajstić information content (AvgIpc) is 3.06. The summed E-state index contributed by atoms with van der Waals surface area (Å²) < 4.78 is 64.9. The van der Waals surface area contributed by atoms with Gasteiger partial charge in [-0.25, -0.2) is 22.2 Å². The van der Waals surface area contributed by atoms with Crippen LogP contribution in [0.4, 0.5) is 8.78 Å². The summed E-state index contributed by atoms with van der Waals surface area (Å²) in [5.74, 6) is -1.74. The molecule has 0 radical (unpaired) electrons. The van der Waals surface area contributed by atoms with Crippen molar-refractivity contribution >= 4 is 20.7 Å². The maximum absolute atomic E-state index is 13.6. The van der Waals surface area contributed by atoms with E-state index in [1.54, 1.807) is 18.3 Å². The van der Waals surface area contributed by atoms with Crippen LogP contribution in [0.3, 0.4) is 0 Å². The van der Waals surface area contributed by atoms with E-state index in [1.165, 1.54) is 13.2 Å². The van der Waals surface area contributed by atoms with Crippen molar-refractivity contribution in [2.75, 3.05) is 13.4 Å². The molecule has 0 spiro atoms. The number of aryl methyl sites for hydroxylation is 1. The highest BCUT2D eigenvalue weighted by Gasteiger charge is 2.36. The molecule has 2 heterocycles. The van der Waals surface area contributed by atoms with Gasteiger partial charge in [0, 0.05) is 55.1 Å². The van der Waals surface area contributed by atoms with E-state index >= 15 is 0 Å². The van der Waals surface area contributed by atoms with Crippen molar-refractivity contribution in [2.45, 2.75) is 42.6 Å². The van der Waals surface area contributed by atoms with Crippen LogP contribution < -0.4 is 9.47 Å². The molecule has 0 saturated heterocycles. The van der Waals surface area contributed by atoms with Crippen LogP contribution in [0.25, 0.3) is 22.0 Å². The summed E-state index contributed by atoms with van der Waals surface area (Å²) in [6.07, 6.45) is 4.32. The number of sulfone groups is 1. The molecule has 0 aliphatic heterocycles. The number of methoxy groups -OCH3 is 1. The smallest absolute Gasteiger partial charge is 0.248 e. The van der Waals surface area contributed by atoms with Crippen molar-refractivity contribution in [3.8, 4) is 22.8 Å². The molecule has 31 heavy (non-hydrogen) atoms. The number of halogens is 2. The molecule has 1 saturated carbocycles. The SMILES string of the molecule is COc1nccc2c(-c3cc(S(C)(=O)=O)ccc3OC3CCC(F)(F)CC3)cn(C)c12. The van der Waals surface area contributed by atoms with Crippen molar-refractivity contribution in [2.24, 2.45) is 7.05 Å². The fraction of sp³-hybridized carbons (Fsp3) is 0.409. The first-order valence-corrected chi connectivity index (χ1v) is 11.9. The molecule has 1 aliphatic carbocycles. The van der Waals surface area contributed by atoms with E-state index in [1.807, 2.05) is 23.9 Å². The summed E-state index contributed by atoms with van der Waals surface area (Å²) in [6.45, 7) is 0. The van der Waals surface area contributed by atoms with Gasteiger partial charge in [-0.05, 0) is 37.1 Å². The minimum absolute atomic E-state index is 0.156. The largest absolute Gasteiger partial charge is 0.490 e. The number of hydrogen-bond donors (Lipinski definition) is 0. The van der Waals surface area contributed by atoms with E-state index < -0.39 is 15.8 Å². The maximum Gasteiger partial charge on any atom is 0.248 e. The van der Waals surface area contributed by atoms with E-state index in [4.69, 9.17) is 9.47 Å². The summed E-state index contributed by atoms with van der Waals surface area (Å²) in [7, 11) is -0.0752. The minimum Gasteiger partial charge on any atom is -0.490 e. The number of rotatable bonds is 5. The summed E-state index contributed by atoms with van der Waals surface area (Å²) in [4.78, 5) is 4.39. The zero-order chi connectivity index (χ0) is 22.4. The van der Waals surface area contributed by atoms with E-state index in [-0.39, 0.29) is 36.7 Å². The maximum atomic E-state index is 13.6. The predicted octanol–water partition coefficient (Wildman–Crippen LogP) is 4.61. The molecule has 0 amide bonds. The monoisotopic (exact) mass is 450 g/mol. The van der Waals surface area contributed by atoms with Crippen LogP contribution in [0.1, 0.15) is 25.7 Å². The Morgan fingerprint density at radius 3 is 2.52 bits per heavy atom. The zero-order valence-electron chi connectivity index (χ0n) is 17.6. The molecular weight excluding hydrogens is 426 g/mol. The van der Waals surface area contributed by atoms with Crippen molar-refractivity contribution in [1.82, 2.24) is 9.55 Å². The standard InChI is InChI=1S/C22H24F2N2O4S/c1-26-13-18(16-8-11-25-21(29-2)20(16)26)17-12-15(31(3,27)28)4-5-19(17)30-14-6-9-22(23,24)10-7-14/h4-5,8,11-14H,6-7,9-10H2,1-3H3. The number of alkyl halides is 2. The molecule has 2 aromatic heterocycles. The number of ether oxygens (including phenoxy) is 2. The van der Waals surface area contributed by atoms with Gasteiger partial charge >= 0.3 is 0 Å². The normalized spacial score (nSPS) is 17.1. The van der Waals surface area contributed by atoms with Gasteiger partial charge < -0.3 is 14.0 Å². The van der Waals surface area contributed by atoms with Crippen LogP contribution in [-0.2, 0) is 16.9 Å². The van der Waals surface area contributed by atoms with Crippen molar-refractivity contribution < 1.29 is 26.7 Å². The lowest BCUT2D eigenvalue weighted by Crippen LogP contribution is -2.30. The molecule has 6 nitrogen and oxygen atoms in total. The topological polar surface area (TPSA) is 70.4 Å². The van der Waals surface area contributed by atoms with Gasteiger partial charge in [0.25, 0.3) is 0 Å². The molecule has 4 rings (SSSR count). The molecule has 3 aromatic rings. The quantitative estimate of drug-likeness (QED) is 0.568. The predicted molar refractivity (Wildman–Crippen MR) is 114 cm³/mol. The fourth-order valence-electron chi connectivity index (χ4n) is 4.05. The minimum atomic E-state index is -3.46. The lowest BCUT2D eigenvalue weighted by atomic mass is 9.94. The Balaban J connectivity index is 1.83. The summed E-state index contributed by atoms with van der Waals surface area (Å²) in [5.41, 5.74) is 2.09. The number of hydrogen-bond acceptors (Lipinski definition) is 5. The Bertz CT molecular complexity index is 1230. The molecule has 1 aliphatic rings. The Morgan fingerprint density at radius 2 is 1.87 bits per heavy atom. The highest BCUT2D eigenvalue weighted by molar-refractivity contribution is 7.90. The van der Waals surface area contributed by atoms with Gasteiger partial charge in [-0.15, -0.1) is 0 Å². The molecule has 9 heteroatoms. The first-order valence-electron chi connectivity index (χ1n) is 9.96. The van der Waals surface area contributed by atoms with Crippen molar-refractivity contribution in [3.05, 3.63) is 36.7 Å². The van der Waals surface area contributed by atoms with Crippen molar-refractivity contribution in [3.63, 3.8) is 0 Å². The van der Waals surface area contributed by atoms with Crippen LogP contribution in [0, 0.1) is 0 Å². The number of fused-ring (bicyclic) bond motifs is 1. The van der Waals surface area contributed by atoms with E-state index in [2.05, 4.69) is 4.98 Å².